The van der Waals surface area contributed by atoms with Crippen LogP contribution >= 0.6 is 0 Å². The van der Waals surface area contributed by atoms with Crippen LogP contribution in [-0.4, -0.2) is 70.3 Å². The highest BCUT2D eigenvalue weighted by Gasteiger charge is 2.43. The summed E-state index contributed by atoms with van der Waals surface area (Å²) >= 11 is 0. The third-order valence-electron chi connectivity index (χ3n) is 3.24. The van der Waals surface area contributed by atoms with Crippen molar-refractivity contribution in [1.82, 2.24) is 5.32 Å². The maximum absolute atomic E-state index is 11.7. The molecule has 2 N–H and O–H groups in total. The molecule has 1 aliphatic heterocycles. The Hall–Kier alpha value is -1.23. The number of nitrogens with one attached hydrogen (secondary N) is 1. The fourth-order valence-corrected chi connectivity index (χ4v) is 2.89. The normalized spacial score (nSPS) is 22.7. The van der Waals surface area contributed by atoms with Crippen molar-refractivity contribution < 1.29 is 37.3 Å². The second-order valence-electron chi connectivity index (χ2n) is 5.00. The first-order valence-electron chi connectivity index (χ1n) is 6.65. The Morgan fingerprint density at radius 2 is 2.09 bits per heavy atom. The Bertz CT molecular complexity index is 491. The molecule has 0 saturated carbocycles. The topological polar surface area (TPSA) is 128 Å². The Balaban J connectivity index is 2.54. The molecule has 10 heteroatoms. The molecule has 0 aromatic heterocycles. The smallest absolute Gasteiger partial charge is 0.305 e. The van der Waals surface area contributed by atoms with Gasteiger partial charge in [0.1, 0.15) is 6.79 Å². The van der Waals surface area contributed by atoms with E-state index in [1.807, 2.05) is 0 Å². The summed E-state index contributed by atoms with van der Waals surface area (Å²) in [4.78, 5) is 22.2. The maximum atomic E-state index is 11.7. The fourth-order valence-electron chi connectivity index (χ4n) is 2.03. The average Bonchev–Trinajstić information content (AvgIpc) is 2.39. The molecule has 128 valence electrons. The van der Waals surface area contributed by atoms with Crippen molar-refractivity contribution in [2.75, 3.05) is 33.4 Å². The summed E-state index contributed by atoms with van der Waals surface area (Å²) in [5.74, 6) is -2.13. The number of sulfone groups is 1. The number of carboxylic acids is 1. The molecule has 3 atom stereocenters. The first-order valence-corrected chi connectivity index (χ1v) is 8.60. The van der Waals surface area contributed by atoms with E-state index < -0.39 is 33.2 Å². The van der Waals surface area contributed by atoms with E-state index in [-0.39, 0.29) is 32.1 Å². The molecule has 0 radical (unpaired) electrons. The fraction of sp³-hybridized carbons (Fsp3) is 0.833. The summed E-state index contributed by atoms with van der Waals surface area (Å²) in [5, 5.41) is 11.2. The van der Waals surface area contributed by atoms with Crippen molar-refractivity contribution in [2.45, 2.75) is 24.3 Å². The molecular weight excluding hydrogens is 318 g/mol. The number of carbonyl (C=O) groups excluding carboxylic acids is 1. The molecule has 1 heterocycles. The lowest BCUT2D eigenvalue weighted by molar-refractivity contribution is -0.144. The average molecular weight is 339 g/mol. The Kier molecular flexibility index (Phi) is 7.20. The van der Waals surface area contributed by atoms with Gasteiger partial charge in [-0.05, 0) is 0 Å². The molecule has 0 spiro atoms. The van der Waals surface area contributed by atoms with Gasteiger partial charge in [0.2, 0.25) is 5.91 Å². The van der Waals surface area contributed by atoms with Gasteiger partial charge in [-0.1, -0.05) is 0 Å². The molecule has 0 bridgehead atoms. The molecule has 1 rings (SSSR count). The van der Waals surface area contributed by atoms with E-state index in [2.05, 4.69) is 5.32 Å². The van der Waals surface area contributed by atoms with Crippen molar-refractivity contribution in [1.29, 1.82) is 0 Å². The van der Waals surface area contributed by atoms with E-state index in [0.29, 0.717) is 6.61 Å². The minimum atomic E-state index is -3.57. The standard InChI is InChI=1S/C12H21NO8S/c1-19-3-4-20-7-21-11(22(2,17)18)5-8-9(6-10(14)15)13-12(8)16/h8-9,11H,3-7H2,1-2H3,(H,13,16)(H,14,15). The molecule has 1 fully saturated rings. The lowest BCUT2D eigenvalue weighted by atomic mass is 9.85. The first kappa shape index (κ1) is 18.8. The molecular formula is C12H21NO8S. The van der Waals surface area contributed by atoms with Gasteiger partial charge in [-0.3, -0.25) is 9.59 Å². The van der Waals surface area contributed by atoms with Crippen LogP contribution in [0.1, 0.15) is 12.8 Å². The summed E-state index contributed by atoms with van der Waals surface area (Å²) in [6.45, 7) is 0.343. The zero-order valence-electron chi connectivity index (χ0n) is 12.5. The molecule has 1 amide bonds. The van der Waals surface area contributed by atoms with Crippen LogP contribution < -0.4 is 5.32 Å². The van der Waals surface area contributed by atoms with E-state index in [0.717, 1.165) is 6.26 Å². The van der Waals surface area contributed by atoms with Crippen LogP contribution in [0, 0.1) is 5.92 Å². The van der Waals surface area contributed by atoms with Crippen LogP contribution in [0.3, 0.4) is 0 Å². The quantitative estimate of drug-likeness (QED) is 0.278. The maximum Gasteiger partial charge on any atom is 0.305 e. The lowest BCUT2D eigenvalue weighted by Crippen LogP contribution is -2.60. The van der Waals surface area contributed by atoms with E-state index >= 15 is 0 Å². The van der Waals surface area contributed by atoms with Gasteiger partial charge in [0.05, 0.1) is 31.6 Å². The van der Waals surface area contributed by atoms with Crippen molar-refractivity contribution in [2.24, 2.45) is 5.92 Å². The second kappa shape index (κ2) is 8.42. The highest BCUT2D eigenvalue weighted by atomic mass is 32.2. The third kappa shape index (κ3) is 5.87. The van der Waals surface area contributed by atoms with E-state index in [1.54, 1.807) is 0 Å². The van der Waals surface area contributed by atoms with Crippen LogP contribution in [0.2, 0.25) is 0 Å². The van der Waals surface area contributed by atoms with Gasteiger partial charge >= 0.3 is 5.97 Å². The number of hydrogen-bond donors (Lipinski definition) is 2. The molecule has 22 heavy (non-hydrogen) atoms. The highest BCUT2D eigenvalue weighted by molar-refractivity contribution is 7.91. The summed E-state index contributed by atoms with van der Waals surface area (Å²) in [5.41, 5.74) is -1.22. The number of carbonyl (C=O) groups is 2. The molecule has 0 aliphatic carbocycles. The zero-order chi connectivity index (χ0) is 16.8. The van der Waals surface area contributed by atoms with E-state index in [1.165, 1.54) is 7.11 Å². The number of aliphatic carboxylic acids is 1. The number of β-lactam (4-membered cyclic amide) rings is 1. The number of methoxy groups -OCH3 is 1. The molecule has 0 aromatic rings. The van der Waals surface area contributed by atoms with Gasteiger partial charge in [-0.25, -0.2) is 8.42 Å². The van der Waals surface area contributed by atoms with Gasteiger partial charge in [0.25, 0.3) is 0 Å². The summed E-state index contributed by atoms with van der Waals surface area (Å²) in [6, 6.07) is -0.577. The largest absolute Gasteiger partial charge is 0.481 e. The summed E-state index contributed by atoms with van der Waals surface area (Å²) < 4.78 is 38.4. The van der Waals surface area contributed by atoms with E-state index in [9.17, 15) is 18.0 Å². The lowest BCUT2D eigenvalue weighted by Gasteiger charge is -2.37. The number of ether oxygens (including phenoxy) is 3. The van der Waals surface area contributed by atoms with Crippen molar-refractivity contribution in [3.05, 3.63) is 0 Å². The summed E-state index contributed by atoms with van der Waals surface area (Å²) in [7, 11) is -2.06. The van der Waals surface area contributed by atoms with Crippen molar-refractivity contribution in [3.63, 3.8) is 0 Å². The van der Waals surface area contributed by atoms with Gasteiger partial charge in [-0.15, -0.1) is 0 Å². The van der Waals surface area contributed by atoms with Gasteiger partial charge in [0.15, 0.2) is 15.3 Å². The van der Waals surface area contributed by atoms with Gasteiger partial charge in [-0.2, -0.15) is 0 Å². The monoisotopic (exact) mass is 339 g/mol. The Morgan fingerprint density at radius 1 is 1.41 bits per heavy atom. The van der Waals surface area contributed by atoms with Crippen molar-refractivity contribution >= 4 is 21.7 Å². The third-order valence-corrected chi connectivity index (χ3v) is 4.52. The van der Waals surface area contributed by atoms with Crippen LogP contribution in [0.25, 0.3) is 0 Å². The SMILES string of the molecule is COCCOCOC(CC1C(=O)NC1CC(=O)O)S(C)(=O)=O. The Morgan fingerprint density at radius 3 is 2.59 bits per heavy atom. The van der Waals surface area contributed by atoms with Crippen LogP contribution in [0.4, 0.5) is 0 Å². The number of hydrogen-bond acceptors (Lipinski definition) is 7. The second-order valence-corrected chi connectivity index (χ2v) is 7.18. The zero-order valence-corrected chi connectivity index (χ0v) is 13.3. The van der Waals surface area contributed by atoms with Crippen molar-refractivity contribution in [3.8, 4) is 0 Å². The summed E-state index contributed by atoms with van der Waals surface area (Å²) in [6.07, 6.45) is 0.642. The molecule has 1 saturated heterocycles. The Labute approximate surface area is 128 Å². The van der Waals surface area contributed by atoms with Crippen LogP contribution in [-0.2, 0) is 33.6 Å². The predicted molar refractivity (Wildman–Crippen MR) is 74.7 cm³/mol. The van der Waals surface area contributed by atoms with Gasteiger partial charge in [0, 0.05) is 19.8 Å². The van der Waals surface area contributed by atoms with E-state index in [4.69, 9.17) is 19.3 Å². The molecule has 0 aromatic carbocycles. The number of carboxylic acid groups (broad SMARTS) is 1. The molecule has 9 nitrogen and oxygen atoms in total. The number of rotatable bonds is 11. The number of amides is 1. The van der Waals surface area contributed by atoms with Crippen LogP contribution in [0.5, 0.6) is 0 Å². The van der Waals surface area contributed by atoms with Gasteiger partial charge < -0.3 is 24.6 Å². The highest BCUT2D eigenvalue weighted by Crippen LogP contribution is 2.26. The first-order chi connectivity index (χ1) is 10.3. The molecule has 3 unspecified atom stereocenters. The molecule has 1 aliphatic rings. The minimum Gasteiger partial charge on any atom is -0.481 e. The predicted octanol–water partition coefficient (Wildman–Crippen LogP) is -1.03. The van der Waals surface area contributed by atoms with Crippen LogP contribution in [0.15, 0.2) is 0 Å². The minimum absolute atomic E-state index is 0.101.